The number of carbonyl (C=O) groups is 1. The smallest absolute Gasteiger partial charge is 0.337 e. The van der Waals surface area contributed by atoms with Crippen LogP contribution in [0.5, 0.6) is 5.75 Å². The highest BCUT2D eigenvalue weighted by molar-refractivity contribution is 6.33. The lowest BCUT2D eigenvalue weighted by molar-refractivity contribution is 0.0697. The van der Waals surface area contributed by atoms with Crippen molar-refractivity contribution in [1.29, 1.82) is 0 Å². The van der Waals surface area contributed by atoms with E-state index in [2.05, 4.69) is 49.5 Å². The second-order valence-electron chi connectivity index (χ2n) is 8.18. The molecule has 33 heavy (non-hydrogen) atoms. The molecule has 0 spiro atoms. The molecule has 0 heterocycles. The van der Waals surface area contributed by atoms with Gasteiger partial charge in [-0.15, -0.1) is 0 Å². The number of halogens is 1. The minimum Gasteiger partial charge on any atom is -0.497 e. The monoisotopic (exact) mass is 459 g/mol. The number of ether oxygens (including phenoxy) is 1. The Morgan fingerprint density at radius 3 is 2.39 bits per heavy atom. The number of hydrogen-bond acceptors (Lipinski definition) is 3. The first-order valence-electron chi connectivity index (χ1n) is 10.8. The zero-order valence-corrected chi connectivity index (χ0v) is 19.6. The van der Waals surface area contributed by atoms with Crippen LogP contribution in [-0.4, -0.2) is 18.2 Å². The van der Waals surface area contributed by atoms with E-state index >= 15 is 0 Å². The van der Waals surface area contributed by atoms with Crippen LogP contribution in [0.25, 0.3) is 21.9 Å². The van der Waals surface area contributed by atoms with Gasteiger partial charge in [-0.2, -0.15) is 0 Å². The van der Waals surface area contributed by atoms with Crippen molar-refractivity contribution in [2.24, 2.45) is 0 Å². The molecular weight excluding hydrogens is 434 g/mol. The summed E-state index contributed by atoms with van der Waals surface area (Å²) in [6.07, 6.45) is 0. The van der Waals surface area contributed by atoms with Gasteiger partial charge in [-0.25, -0.2) is 4.79 Å². The number of hydrogen-bond donors (Lipinski definition) is 2. The summed E-state index contributed by atoms with van der Waals surface area (Å²) in [5, 5.41) is 15.4. The van der Waals surface area contributed by atoms with Crippen molar-refractivity contribution < 1.29 is 14.6 Å². The molecule has 0 amide bonds. The van der Waals surface area contributed by atoms with Crippen LogP contribution in [0.4, 0.5) is 0 Å². The van der Waals surface area contributed by atoms with Gasteiger partial charge in [0.2, 0.25) is 0 Å². The van der Waals surface area contributed by atoms with Crippen LogP contribution in [0.3, 0.4) is 0 Å². The predicted molar refractivity (Wildman–Crippen MR) is 134 cm³/mol. The molecule has 0 aliphatic carbocycles. The van der Waals surface area contributed by atoms with E-state index in [0.29, 0.717) is 0 Å². The molecule has 0 saturated heterocycles. The highest BCUT2D eigenvalue weighted by Gasteiger charge is 2.16. The quantitative estimate of drug-likeness (QED) is 0.305. The van der Waals surface area contributed by atoms with E-state index in [1.165, 1.54) is 0 Å². The van der Waals surface area contributed by atoms with E-state index in [4.69, 9.17) is 16.3 Å². The van der Waals surface area contributed by atoms with Gasteiger partial charge in [-0.05, 0) is 83.3 Å². The Morgan fingerprint density at radius 1 is 0.909 bits per heavy atom. The van der Waals surface area contributed by atoms with Crippen molar-refractivity contribution in [3.05, 3.63) is 101 Å². The summed E-state index contributed by atoms with van der Waals surface area (Å²) in [6.45, 7) is 4.28. The average molecular weight is 460 g/mol. The molecule has 5 heteroatoms. The molecule has 2 N–H and O–H groups in total. The van der Waals surface area contributed by atoms with Crippen molar-refractivity contribution >= 4 is 28.3 Å². The molecule has 1 unspecified atom stereocenters. The van der Waals surface area contributed by atoms with Crippen LogP contribution in [0.2, 0.25) is 5.02 Å². The summed E-state index contributed by atoms with van der Waals surface area (Å²) < 4.78 is 5.37. The number of carboxylic acid groups (broad SMARTS) is 1. The lowest BCUT2D eigenvalue weighted by Crippen LogP contribution is -2.22. The molecule has 4 nitrogen and oxygen atoms in total. The van der Waals surface area contributed by atoms with Gasteiger partial charge in [-0.3, -0.25) is 0 Å². The molecule has 0 radical (unpaired) electrons. The molecular formula is C28H26ClNO3. The number of carboxylic acids is 1. The summed E-state index contributed by atoms with van der Waals surface area (Å²) in [6, 6.07) is 25.9. The molecule has 4 aromatic rings. The van der Waals surface area contributed by atoms with Crippen molar-refractivity contribution in [2.75, 3.05) is 7.11 Å². The van der Waals surface area contributed by atoms with Crippen molar-refractivity contribution in [3.63, 3.8) is 0 Å². The van der Waals surface area contributed by atoms with Crippen LogP contribution in [0.1, 0.15) is 47.4 Å². The fourth-order valence-electron chi connectivity index (χ4n) is 4.16. The van der Waals surface area contributed by atoms with Crippen LogP contribution in [0, 0.1) is 0 Å². The van der Waals surface area contributed by atoms with E-state index in [-0.39, 0.29) is 22.7 Å². The highest BCUT2D eigenvalue weighted by Crippen LogP contribution is 2.35. The maximum atomic E-state index is 11.4. The summed E-state index contributed by atoms with van der Waals surface area (Å²) >= 11 is 6.29. The van der Waals surface area contributed by atoms with E-state index in [1.807, 2.05) is 36.4 Å². The van der Waals surface area contributed by atoms with Gasteiger partial charge >= 0.3 is 5.97 Å². The molecule has 0 saturated carbocycles. The fourth-order valence-corrected chi connectivity index (χ4v) is 4.42. The Balaban J connectivity index is 1.72. The third kappa shape index (κ3) is 4.87. The molecule has 4 rings (SSSR count). The number of fused-ring (bicyclic) bond motifs is 1. The maximum absolute atomic E-state index is 11.4. The third-order valence-electron chi connectivity index (χ3n) is 5.99. The van der Waals surface area contributed by atoms with Gasteiger partial charge in [0.05, 0.1) is 17.7 Å². The minimum atomic E-state index is -1.03. The zero-order chi connectivity index (χ0) is 23.5. The largest absolute Gasteiger partial charge is 0.497 e. The molecule has 2 atom stereocenters. The first kappa shape index (κ1) is 22.8. The third-order valence-corrected chi connectivity index (χ3v) is 6.30. The summed E-state index contributed by atoms with van der Waals surface area (Å²) in [5.41, 5.74) is 4.29. The van der Waals surface area contributed by atoms with Gasteiger partial charge in [0, 0.05) is 12.1 Å². The van der Waals surface area contributed by atoms with Crippen molar-refractivity contribution in [3.8, 4) is 16.9 Å². The zero-order valence-electron chi connectivity index (χ0n) is 18.8. The van der Waals surface area contributed by atoms with Crippen LogP contribution in [-0.2, 0) is 0 Å². The lowest BCUT2D eigenvalue weighted by Gasteiger charge is -2.22. The number of methoxy groups -OCH3 is 1. The van der Waals surface area contributed by atoms with E-state index in [1.54, 1.807) is 19.2 Å². The summed E-state index contributed by atoms with van der Waals surface area (Å²) in [7, 11) is 1.67. The summed E-state index contributed by atoms with van der Waals surface area (Å²) in [5.74, 6) is -0.196. The Hall–Kier alpha value is -3.34. The van der Waals surface area contributed by atoms with E-state index < -0.39 is 5.97 Å². The Kier molecular flexibility index (Phi) is 6.68. The molecule has 168 valence electrons. The number of aromatic carboxylic acids is 1. The van der Waals surface area contributed by atoms with Crippen LogP contribution < -0.4 is 10.1 Å². The molecule has 0 bridgehead atoms. The summed E-state index contributed by atoms with van der Waals surface area (Å²) in [4.78, 5) is 11.4. The normalized spacial score (nSPS) is 13.0. The molecule has 0 aromatic heterocycles. The highest BCUT2D eigenvalue weighted by atomic mass is 35.5. The predicted octanol–water partition coefficient (Wildman–Crippen LogP) is 7.28. The average Bonchev–Trinajstić information content (AvgIpc) is 2.83. The fraction of sp³-hybridized carbons (Fsp3) is 0.179. The molecule has 0 aliphatic heterocycles. The SMILES string of the molecule is COc1cccc([C@@H](C)NC(C)c2cc(-c3ccc(C(=O)O)c(Cl)c3)c3ccccc3c2)c1. The van der Waals surface area contributed by atoms with Crippen molar-refractivity contribution in [1.82, 2.24) is 5.32 Å². The molecule has 0 fully saturated rings. The Morgan fingerprint density at radius 2 is 1.67 bits per heavy atom. The number of benzene rings is 4. The van der Waals surface area contributed by atoms with Crippen LogP contribution in [0.15, 0.2) is 78.9 Å². The second-order valence-corrected chi connectivity index (χ2v) is 8.58. The van der Waals surface area contributed by atoms with Gasteiger partial charge in [0.1, 0.15) is 5.75 Å². The number of rotatable bonds is 7. The van der Waals surface area contributed by atoms with E-state index in [0.717, 1.165) is 38.8 Å². The first-order valence-corrected chi connectivity index (χ1v) is 11.2. The van der Waals surface area contributed by atoms with E-state index in [9.17, 15) is 9.90 Å². The van der Waals surface area contributed by atoms with Gasteiger partial charge in [0.15, 0.2) is 0 Å². The first-order chi connectivity index (χ1) is 15.9. The lowest BCUT2D eigenvalue weighted by atomic mass is 9.92. The van der Waals surface area contributed by atoms with Crippen molar-refractivity contribution in [2.45, 2.75) is 25.9 Å². The number of nitrogens with one attached hydrogen (secondary N) is 1. The van der Waals surface area contributed by atoms with Crippen LogP contribution >= 0.6 is 11.6 Å². The van der Waals surface area contributed by atoms with Gasteiger partial charge in [-0.1, -0.05) is 54.1 Å². The second kappa shape index (κ2) is 9.65. The molecule has 0 aliphatic rings. The minimum absolute atomic E-state index is 0.0725. The molecule has 4 aromatic carbocycles. The standard InChI is InChI=1S/C28H26ClNO3/c1-17(19-8-6-9-23(14-19)33-3)30-18(2)22-13-20-7-4-5-10-24(20)26(15-22)21-11-12-25(28(31)32)27(29)16-21/h4-18,30H,1-3H3,(H,31,32)/t17-,18?/m1/s1. The van der Waals surface area contributed by atoms with Gasteiger partial charge < -0.3 is 15.2 Å². The Bertz CT molecular complexity index is 1320. The Labute approximate surface area is 198 Å². The topological polar surface area (TPSA) is 58.6 Å². The maximum Gasteiger partial charge on any atom is 0.337 e. The van der Waals surface area contributed by atoms with Gasteiger partial charge in [0.25, 0.3) is 0 Å².